The van der Waals surface area contributed by atoms with Crippen LogP contribution in [0.1, 0.15) is 37.1 Å². The summed E-state index contributed by atoms with van der Waals surface area (Å²) >= 11 is 6.33. The minimum absolute atomic E-state index is 0.000889. The molecule has 13 heteroatoms. The van der Waals surface area contributed by atoms with Crippen LogP contribution in [0.3, 0.4) is 0 Å². The van der Waals surface area contributed by atoms with Crippen LogP contribution in [0.2, 0.25) is 17.7 Å². The van der Waals surface area contributed by atoms with E-state index in [2.05, 4.69) is 21.4 Å². The SMILES string of the molecule is C#CCOCCOCCOCCOCCOCCCCn1c(CN2C(=O)C3(CCB(C#N)CC3)c3ccncc32)nc2cc(Cl)ccc21. The summed E-state index contributed by atoms with van der Waals surface area (Å²) in [5.74, 6) is 5.68. The molecule has 0 radical (unpaired) electrons. The van der Waals surface area contributed by atoms with Gasteiger partial charge in [-0.15, -0.1) is 6.42 Å². The normalized spacial score (nSPS) is 15.3. The van der Waals surface area contributed by atoms with Crippen LogP contribution in [0, 0.1) is 23.6 Å². The van der Waals surface area contributed by atoms with Gasteiger partial charge in [-0.25, -0.2) is 10.2 Å². The topological polar surface area (TPSA) is 121 Å². The van der Waals surface area contributed by atoms with Gasteiger partial charge >= 0.3 is 0 Å². The molecule has 0 N–H and O–H groups in total. The molecule has 0 unspecified atom stereocenters. The molecule has 5 rings (SSSR count). The zero-order valence-electron chi connectivity index (χ0n) is 27.4. The number of halogens is 1. The summed E-state index contributed by atoms with van der Waals surface area (Å²) in [4.78, 5) is 25.3. The maximum atomic E-state index is 14.2. The number of ether oxygens (including phenoxy) is 5. The fourth-order valence-electron chi connectivity index (χ4n) is 6.52. The van der Waals surface area contributed by atoms with E-state index in [-0.39, 0.29) is 12.6 Å². The lowest BCUT2D eigenvalue weighted by Crippen LogP contribution is -2.44. The second-order valence-corrected chi connectivity index (χ2v) is 12.4. The van der Waals surface area contributed by atoms with Gasteiger partial charge in [-0.05, 0) is 55.5 Å². The average molecular weight is 676 g/mol. The number of amides is 1. The number of fused-ring (bicyclic) bond motifs is 3. The van der Waals surface area contributed by atoms with Gasteiger partial charge in [0.25, 0.3) is 6.71 Å². The Labute approximate surface area is 287 Å². The maximum absolute atomic E-state index is 14.2. The van der Waals surface area contributed by atoms with Crippen LogP contribution in [0.5, 0.6) is 0 Å². The average Bonchev–Trinajstić information content (AvgIpc) is 3.55. The highest BCUT2D eigenvalue weighted by Crippen LogP contribution is 2.50. The molecule has 0 atom stereocenters. The number of hydrogen-bond acceptors (Lipinski definition) is 9. The van der Waals surface area contributed by atoms with Crippen molar-refractivity contribution in [3.63, 3.8) is 0 Å². The van der Waals surface area contributed by atoms with Gasteiger partial charge in [0.2, 0.25) is 5.91 Å². The fourth-order valence-corrected chi connectivity index (χ4v) is 6.68. The first-order chi connectivity index (χ1) is 23.6. The number of unbranched alkanes of at least 4 members (excludes halogenated alkanes) is 1. The molecular weight excluding hydrogens is 633 g/mol. The molecule has 0 bridgehead atoms. The number of rotatable bonds is 20. The highest BCUT2D eigenvalue weighted by Gasteiger charge is 2.53. The molecule has 2 aromatic heterocycles. The van der Waals surface area contributed by atoms with E-state index in [4.69, 9.17) is 46.7 Å². The molecule has 1 spiro atoms. The number of nitrogens with zero attached hydrogens (tertiary/aromatic N) is 5. The smallest absolute Gasteiger partial charge is 0.267 e. The lowest BCUT2D eigenvalue weighted by atomic mass is 9.39. The van der Waals surface area contributed by atoms with Crippen LogP contribution in [0.25, 0.3) is 11.0 Å². The first-order valence-corrected chi connectivity index (χ1v) is 17.1. The van der Waals surface area contributed by atoms with Gasteiger partial charge in [0.15, 0.2) is 0 Å². The summed E-state index contributed by atoms with van der Waals surface area (Å²) in [5, 5.41) is 10.1. The van der Waals surface area contributed by atoms with E-state index in [0.717, 1.165) is 60.1 Å². The quantitative estimate of drug-likeness (QED) is 0.0952. The number of carbonyl (C=O) groups is 1. The van der Waals surface area contributed by atoms with Crippen molar-refractivity contribution < 1.29 is 28.5 Å². The predicted molar refractivity (Wildman–Crippen MR) is 184 cm³/mol. The molecule has 1 amide bonds. The number of nitriles is 1. The molecule has 0 aliphatic carbocycles. The molecule has 0 saturated carbocycles. The zero-order chi connectivity index (χ0) is 33.6. The van der Waals surface area contributed by atoms with Crippen molar-refractivity contribution in [1.82, 2.24) is 14.5 Å². The van der Waals surface area contributed by atoms with E-state index in [9.17, 15) is 10.1 Å². The molecule has 254 valence electrons. The van der Waals surface area contributed by atoms with Gasteiger partial charge < -0.3 is 33.2 Å². The maximum Gasteiger partial charge on any atom is 0.267 e. The summed E-state index contributed by atoms with van der Waals surface area (Å²) in [6.45, 7) is 5.95. The summed E-state index contributed by atoms with van der Waals surface area (Å²) in [5.41, 5.74) is 3.03. The number of terminal acetylenes is 1. The van der Waals surface area contributed by atoms with Crippen molar-refractivity contribution in [3.8, 4) is 18.3 Å². The molecule has 48 heavy (non-hydrogen) atoms. The van der Waals surface area contributed by atoms with E-state index in [1.54, 1.807) is 12.4 Å². The lowest BCUT2D eigenvalue weighted by molar-refractivity contribution is -0.123. The Morgan fingerprint density at radius 3 is 2.27 bits per heavy atom. The third-order valence-electron chi connectivity index (χ3n) is 8.97. The third-order valence-corrected chi connectivity index (χ3v) is 9.20. The van der Waals surface area contributed by atoms with Crippen molar-refractivity contribution in [1.29, 1.82) is 5.26 Å². The van der Waals surface area contributed by atoms with Crippen molar-refractivity contribution in [2.75, 3.05) is 71.0 Å². The Hall–Kier alpha value is -3.49. The predicted octanol–water partition coefficient (Wildman–Crippen LogP) is 4.72. The lowest BCUT2D eigenvalue weighted by Gasteiger charge is -2.33. The van der Waals surface area contributed by atoms with Crippen LogP contribution in [0.4, 0.5) is 5.69 Å². The number of anilines is 1. The molecule has 1 fully saturated rings. The van der Waals surface area contributed by atoms with Crippen LogP contribution in [-0.2, 0) is 47.0 Å². The number of hydrogen-bond donors (Lipinski definition) is 0. The molecule has 1 saturated heterocycles. The van der Waals surface area contributed by atoms with E-state index in [0.29, 0.717) is 90.5 Å². The Morgan fingerprint density at radius 1 is 0.938 bits per heavy atom. The summed E-state index contributed by atoms with van der Waals surface area (Å²) in [6.07, 6.45) is 13.2. The third kappa shape index (κ3) is 8.94. The van der Waals surface area contributed by atoms with Crippen LogP contribution < -0.4 is 4.90 Å². The molecular formula is C35H43BClN5O6. The highest BCUT2D eigenvalue weighted by atomic mass is 35.5. The van der Waals surface area contributed by atoms with Gasteiger partial charge in [0.1, 0.15) is 12.4 Å². The Morgan fingerprint density at radius 2 is 1.60 bits per heavy atom. The van der Waals surface area contributed by atoms with Gasteiger partial charge in [0, 0.05) is 30.3 Å². The van der Waals surface area contributed by atoms with E-state index >= 15 is 0 Å². The number of imidazole rings is 1. The Bertz CT molecular complexity index is 1580. The number of aromatic nitrogens is 3. The number of carbonyl (C=O) groups excluding carboxylic acids is 1. The van der Waals surface area contributed by atoms with Gasteiger partial charge in [-0.1, -0.05) is 30.2 Å². The molecule has 11 nitrogen and oxygen atoms in total. The first kappa shape index (κ1) is 35.8. The minimum atomic E-state index is -0.604. The van der Waals surface area contributed by atoms with E-state index in [1.165, 1.54) is 0 Å². The summed E-state index contributed by atoms with van der Waals surface area (Å²) in [6, 6.07) is 7.70. The second kappa shape index (κ2) is 18.3. The zero-order valence-corrected chi connectivity index (χ0v) is 28.2. The van der Waals surface area contributed by atoms with Crippen molar-refractivity contribution >= 4 is 40.9 Å². The number of pyridine rings is 1. The van der Waals surface area contributed by atoms with Crippen molar-refractivity contribution in [2.24, 2.45) is 0 Å². The number of aryl methyl sites for hydroxylation is 1. The Kier molecular flexibility index (Phi) is 13.7. The second-order valence-electron chi connectivity index (χ2n) is 12.0. The van der Waals surface area contributed by atoms with Crippen molar-refractivity contribution in [3.05, 3.63) is 53.1 Å². The van der Waals surface area contributed by atoms with Gasteiger partial charge in [0.05, 0.1) is 87.7 Å². The summed E-state index contributed by atoms with van der Waals surface area (Å²) in [7, 11) is 0. The highest BCUT2D eigenvalue weighted by molar-refractivity contribution is 6.67. The summed E-state index contributed by atoms with van der Waals surface area (Å²) < 4.78 is 29.6. The van der Waals surface area contributed by atoms with Crippen LogP contribution in [-0.4, -0.2) is 93.2 Å². The van der Waals surface area contributed by atoms with Gasteiger partial charge in [-0.2, -0.15) is 0 Å². The molecule has 4 heterocycles. The van der Waals surface area contributed by atoms with E-state index < -0.39 is 5.41 Å². The van der Waals surface area contributed by atoms with Crippen LogP contribution >= 0.6 is 11.6 Å². The molecule has 3 aromatic rings. The monoisotopic (exact) mass is 675 g/mol. The number of benzene rings is 1. The van der Waals surface area contributed by atoms with E-state index in [1.807, 2.05) is 29.2 Å². The standard InChI is InChI=1S/C35H43BClN5O6/c1-2-14-44-16-18-46-20-22-48-23-21-47-19-17-45-15-4-3-13-41-31-6-5-28(37)24-30(31)40-33(41)26-42-32-25-39-12-7-29(32)35(34(42)43)8-10-36(27-38)11-9-35/h1,5-7,12,24-25H,3-4,8-11,13-23,26H2. The molecule has 1 aromatic carbocycles. The van der Waals surface area contributed by atoms with Crippen molar-refractivity contribution in [2.45, 2.75) is 56.8 Å². The first-order valence-electron chi connectivity index (χ1n) is 16.7. The van der Waals surface area contributed by atoms with Gasteiger partial charge in [-0.3, -0.25) is 9.78 Å². The Balaban J connectivity index is 1.07. The minimum Gasteiger partial charge on any atom is -0.379 e. The largest absolute Gasteiger partial charge is 0.379 e. The molecule has 2 aliphatic rings. The fraction of sp³-hybridized carbons (Fsp3) is 0.543. The van der Waals surface area contributed by atoms with Crippen LogP contribution in [0.15, 0.2) is 36.7 Å². The molecule has 2 aliphatic heterocycles.